The second-order valence-electron chi connectivity index (χ2n) is 3.16. The van der Waals surface area contributed by atoms with E-state index in [1.165, 1.54) is 6.92 Å². The summed E-state index contributed by atoms with van der Waals surface area (Å²) in [6.45, 7) is 2.83. The predicted molar refractivity (Wildman–Crippen MR) is 57.2 cm³/mol. The maximum Gasteiger partial charge on any atom is 0.303 e. The Balaban J connectivity index is 2.81. The number of rotatable bonds is 3. The maximum absolute atomic E-state index is 11.6. The number of hydrogen-bond acceptors (Lipinski definition) is 3. The van der Waals surface area contributed by atoms with Crippen LogP contribution in [-0.2, 0) is 9.53 Å². The van der Waals surface area contributed by atoms with E-state index in [-0.39, 0.29) is 12.4 Å². The number of ether oxygens (including phenoxy) is 1. The zero-order valence-electron chi connectivity index (χ0n) is 8.54. The molecule has 0 saturated heterocycles. The third-order valence-electron chi connectivity index (χ3n) is 1.91. The molecule has 80 valence electrons. The number of halogens is 1. The molecule has 0 radical (unpaired) electrons. The minimum atomic E-state index is -0.469. The summed E-state index contributed by atoms with van der Waals surface area (Å²) in [5.74, 6) is -0.715. The largest absolute Gasteiger partial charge is 0.457 e. The molecule has 15 heavy (non-hydrogen) atoms. The minimum Gasteiger partial charge on any atom is -0.457 e. The van der Waals surface area contributed by atoms with Gasteiger partial charge in [0.1, 0.15) is 0 Å². The molecule has 0 unspecified atom stereocenters. The van der Waals surface area contributed by atoms with Gasteiger partial charge < -0.3 is 4.74 Å². The monoisotopic (exact) mass is 226 g/mol. The summed E-state index contributed by atoms with van der Waals surface area (Å²) in [5.41, 5.74) is 1.31. The number of hydrogen-bond donors (Lipinski definition) is 0. The fraction of sp³-hybridized carbons (Fsp3) is 0.273. The summed E-state index contributed by atoms with van der Waals surface area (Å²) < 4.78 is 4.62. The van der Waals surface area contributed by atoms with Gasteiger partial charge in [0.05, 0.1) is 0 Å². The van der Waals surface area contributed by atoms with Crippen molar-refractivity contribution in [1.29, 1.82) is 0 Å². The SMILES string of the molecule is CC(=O)OCC(=O)c1cc(Cl)ccc1C. The lowest BCUT2D eigenvalue weighted by atomic mass is 10.1. The quantitative estimate of drug-likeness (QED) is 0.587. The summed E-state index contributed by atoms with van der Waals surface area (Å²) >= 11 is 5.76. The van der Waals surface area contributed by atoms with Crippen LogP contribution >= 0.6 is 11.6 Å². The van der Waals surface area contributed by atoms with Crippen LogP contribution in [0.25, 0.3) is 0 Å². The van der Waals surface area contributed by atoms with E-state index in [0.29, 0.717) is 10.6 Å². The Morgan fingerprint density at radius 1 is 1.40 bits per heavy atom. The van der Waals surface area contributed by atoms with E-state index in [2.05, 4.69) is 4.74 Å². The third kappa shape index (κ3) is 3.36. The number of benzene rings is 1. The standard InChI is InChI=1S/C11H11ClO3/c1-7-3-4-9(12)5-10(7)11(14)6-15-8(2)13/h3-5H,6H2,1-2H3. The topological polar surface area (TPSA) is 43.4 Å². The summed E-state index contributed by atoms with van der Waals surface area (Å²) in [6.07, 6.45) is 0. The molecule has 0 aliphatic carbocycles. The molecule has 0 heterocycles. The van der Waals surface area contributed by atoms with E-state index in [1.807, 2.05) is 0 Å². The van der Waals surface area contributed by atoms with Crippen LogP contribution < -0.4 is 0 Å². The molecule has 3 nitrogen and oxygen atoms in total. The number of Topliss-reactive ketones (excluding diaryl/α,β-unsaturated/α-hetero) is 1. The number of carbonyl (C=O) groups excluding carboxylic acids is 2. The molecule has 0 saturated carbocycles. The van der Waals surface area contributed by atoms with E-state index < -0.39 is 5.97 Å². The van der Waals surface area contributed by atoms with Gasteiger partial charge in [0.15, 0.2) is 6.61 Å². The second-order valence-corrected chi connectivity index (χ2v) is 3.60. The van der Waals surface area contributed by atoms with E-state index in [0.717, 1.165) is 5.56 Å². The molecule has 1 rings (SSSR count). The van der Waals surface area contributed by atoms with Gasteiger partial charge in [-0.05, 0) is 24.6 Å². The highest BCUT2D eigenvalue weighted by atomic mass is 35.5. The van der Waals surface area contributed by atoms with Gasteiger partial charge in [-0.3, -0.25) is 9.59 Å². The van der Waals surface area contributed by atoms with Crippen molar-refractivity contribution in [1.82, 2.24) is 0 Å². The Morgan fingerprint density at radius 2 is 2.07 bits per heavy atom. The van der Waals surface area contributed by atoms with Crippen molar-refractivity contribution in [3.05, 3.63) is 34.3 Å². The lowest BCUT2D eigenvalue weighted by molar-refractivity contribution is -0.139. The maximum atomic E-state index is 11.6. The molecule has 0 aliphatic heterocycles. The highest BCUT2D eigenvalue weighted by Crippen LogP contribution is 2.15. The van der Waals surface area contributed by atoms with Gasteiger partial charge in [0.2, 0.25) is 5.78 Å². The Labute approximate surface area is 93.0 Å². The Bertz CT molecular complexity index is 399. The summed E-state index contributed by atoms with van der Waals surface area (Å²) in [7, 11) is 0. The van der Waals surface area contributed by atoms with Crippen LogP contribution in [0.5, 0.6) is 0 Å². The fourth-order valence-electron chi connectivity index (χ4n) is 1.14. The highest BCUT2D eigenvalue weighted by Gasteiger charge is 2.10. The summed E-state index contributed by atoms with van der Waals surface area (Å²) in [4.78, 5) is 22.1. The van der Waals surface area contributed by atoms with Crippen LogP contribution in [0.15, 0.2) is 18.2 Å². The Kier molecular flexibility index (Phi) is 3.86. The van der Waals surface area contributed by atoms with Crippen molar-refractivity contribution in [2.75, 3.05) is 6.61 Å². The smallest absolute Gasteiger partial charge is 0.303 e. The fourth-order valence-corrected chi connectivity index (χ4v) is 1.31. The molecular weight excluding hydrogens is 216 g/mol. The molecule has 0 spiro atoms. The van der Waals surface area contributed by atoms with Gasteiger partial charge in [-0.2, -0.15) is 0 Å². The molecule has 0 N–H and O–H groups in total. The van der Waals surface area contributed by atoms with Crippen molar-refractivity contribution in [3.63, 3.8) is 0 Å². The lowest BCUT2D eigenvalue weighted by Crippen LogP contribution is -2.13. The average molecular weight is 227 g/mol. The first-order valence-corrected chi connectivity index (χ1v) is 4.81. The number of aryl methyl sites for hydroxylation is 1. The molecular formula is C11H11ClO3. The summed E-state index contributed by atoms with van der Waals surface area (Å²) in [6, 6.07) is 5.03. The third-order valence-corrected chi connectivity index (χ3v) is 2.14. The first kappa shape index (κ1) is 11.7. The van der Waals surface area contributed by atoms with E-state index in [1.54, 1.807) is 25.1 Å². The second kappa shape index (κ2) is 4.94. The molecule has 0 atom stereocenters. The van der Waals surface area contributed by atoms with Crippen molar-refractivity contribution < 1.29 is 14.3 Å². The first-order chi connectivity index (χ1) is 7.00. The van der Waals surface area contributed by atoms with Crippen molar-refractivity contribution >= 4 is 23.4 Å². The van der Waals surface area contributed by atoms with Crippen molar-refractivity contribution in [2.24, 2.45) is 0 Å². The van der Waals surface area contributed by atoms with Gasteiger partial charge in [0.25, 0.3) is 0 Å². The van der Waals surface area contributed by atoms with Crippen LogP contribution in [-0.4, -0.2) is 18.4 Å². The minimum absolute atomic E-state index is 0.240. The summed E-state index contributed by atoms with van der Waals surface area (Å²) in [5, 5.41) is 0.492. The molecule has 0 bridgehead atoms. The average Bonchev–Trinajstić information content (AvgIpc) is 2.18. The van der Waals surface area contributed by atoms with Crippen LogP contribution in [0, 0.1) is 6.92 Å². The Morgan fingerprint density at radius 3 is 2.67 bits per heavy atom. The van der Waals surface area contributed by atoms with Crippen LogP contribution in [0.2, 0.25) is 5.02 Å². The molecule has 0 aliphatic rings. The van der Waals surface area contributed by atoms with Crippen molar-refractivity contribution in [3.8, 4) is 0 Å². The van der Waals surface area contributed by atoms with Crippen LogP contribution in [0.3, 0.4) is 0 Å². The number of carbonyl (C=O) groups is 2. The van der Waals surface area contributed by atoms with Gasteiger partial charge in [-0.15, -0.1) is 0 Å². The molecule has 0 aromatic heterocycles. The number of ketones is 1. The highest BCUT2D eigenvalue weighted by molar-refractivity contribution is 6.31. The predicted octanol–water partition coefficient (Wildman–Crippen LogP) is 2.39. The van der Waals surface area contributed by atoms with Gasteiger partial charge in [0, 0.05) is 17.5 Å². The van der Waals surface area contributed by atoms with E-state index in [9.17, 15) is 9.59 Å². The van der Waals surface area contributed by atoms with Crippen LogP contribution in [0.4, 0.5) is 0 Å². The zero-order chi connectivity index (χ0) is 11.4. The molecule has 0 fully saturated rings. The molecule has 0 amide bonds. The first-order valence-electron chi connectivity index (χ1n) is 4.43. The molecule has 1 aromatic carbocycles. The number of esters is 1. The van der Waals surface area contributed by atoms with Crippen molar-refractivity contribution in [2.45, 2.75) is 13.8 Å². The van der Waals surface area contributed by atoms with Crippen LogP contribution in [0.1, 0.15) is 22.8 Å². The van der Waals surface area contributed by atoms with Gasteiger partial charge in [-0.25, -0.2) is 0 Å². The zero-order valence-corrected chi connectivity index (χ0v) is 9.30. The van der Waals surface area contributed by atoms with E-state index >= 15 is 0 Å². The normalized spacial score (nSPS) is 9.80. The lowest BCUT2D eigenvalue weighted by Gasteiger charge is -2.05. The molecule has 4 heteroatoms. The van der Waals surface area contributed by atoms with Gasteiger partial charge in [-0.1, -0.05) is 17.7 Å². The Hall–Kier alpha value is -1.35. The van der Waals surface area contributed by atoms with E-state index in [4.69, 9.17) is 11.6 Å². The molecule has 1 aromatic rings. The van der Waals surface area contributed by atoms with Gasteiger partial charge >= 0.3 is 5.97 Å².